The summed E-state index contributed by atoms with van der Waals surface area (Å²) in [6, 6.07) is 15.7. The predicted molar refractivity (Wildman–Crippen MR) is 106 cm³/mol. The number of rotatable bonds is 3. The number of aromatic nitrogens is 3. The van der Waals surface area contributed by atoms with E-state index in [4.69, 9.17) is 9.51 Å². The molecular formula is C22H20N4O2. The van der Waals surface area contributed by atoms with Crippen LogP contribution in [0.4, 0.5) is 0 Å². The molecule has 6 heteroatoms. The normalized spacial score (nSPS) is 16.8. The molecule has 1 aliphatic heterocycles. The van der Waals surface area contributed by atoms with Crippen molar-refractivity contribution < 1.29 is 9.32 Å². The molecule has 1 N–H and O–H groups in total. The molecule has 2 aromatic carbocycles. The molecule has 0 saturated carbocycles. The van der Waals surface area contributed by atoms with Crippen LogP contribution in [-0.4, -0.2) is 32.5 Å². The monoisotopic (exact) mass is 372 g/mol. The van der Waals surface area contributed by atoms with Gasteiger partial charge in [-0.05, 0) is 37.5 Å². The second-order valence-corrected chi connectivity index (χ2v) is 7.24. The van der Waals surface area contributed by atoms with Crippen LogP contribution >= 0.6 is 0 Å². The van der Waals surface area contributed by atoms with Crippen LogP contribution in [-0.2, 0) is 0 Å². The number of carbonyl (C=O) groups is 1. The standard InChI is InChI=1S/C22H20N4O2/c1-14-9-10-17-18(12-14)24-21(23-17)19-8-5-11-26(19)22(27)16-13-28-25-20(16)15-6-3-2-4-7-15/h2-4,6-7,9-10,12-13,19H,5,8,11H2,1H3,(H,23,24)/t19-/m0/s1. The van der Waals surface area contributed by atoms with Crippen molar-refractivity contribution in [2.75, 3.05) is 6.54 Å². The molecule has 28 heavy (non-hydrogen) atoms. The number of aromatic amines is 1. The summed E-state index contributed by atoms with van der Waals surface area (Å²) in [7, 11) is 0. The number of fused-ring (bicyclic) bond motifs is 1. The molecule has 1 saturated heterocycles. The first-order chi connectivity index (χ1) is 13.7. The summed E-state index contributed by atoms with van der Waals surface area (Å²) in [5.41, 5.74) is 5.05. The lowest BCUT2D eigenvalue weighted by molar-refractivity contribution is 0.0730. The van der Waals surface area contributed by atoms with Gasteiger partial charge in [0.25, 0.3) is 5.91 Å². The Kier molecular flexibility index (Phi) is 3.97. The van der Waals surface area contributed by atoms with Crippen LogP contribution in [0.25, 0.3) is 22.3 Å². The first kappa shape index (κ1) is 16.7. The molecular weight excluding hydrogens is 352 g/mol. The van der Waals surface area contributed by atoms with Crippen molar-refractivity contribution in [3.63, 3.8) is 0 Å². The van der Waals surface area contributed by atoms with Crippen molar-refractivity contribution in [3.8, 4) is 11.3 Å². The van der Waals surface area contributed by atoms with Crippen molar-refractivity contribution in [1.29, 1.82) is 0 Å². The van der Waals surface area contributed by atoms with E-state index in [0.717, 1.165) is 35.3 Å². The Morgan fingerprint density at radius 3 is 2.93 bits per heavy atom. The summed E-state index contributed by atoms with van der Waals surface area (Å²) in [5, 5.41) is 4.08. The lowest BCUT2D eigenvalue weighted by Crippen LogP contribution is -2.31. The van der Waals surface area contributed by atoms with E-state index < -0.39 is 0 Å². The third kappa shape index (κ3) is 2.78. The van der Waals surface area contributed by atoms with Gasteiger partial charge < -0.3 is 14.4 Å². The van der Waals surface area contributed by atoms with Crippen molar-refractivity contribution in [3.05, 3.63) is 71.7 Å². The SMILES string of the molecule is Cc1ccc2nc([C@@H]3CCCN3C(=O)c3conc3-c3ccccc3)[nH]c2c1. The number of likely N-dealkylation sites (tertiary alicyclic amines) is 1. The van der Waals surface area contributed by atoms with E-state index in [1.807, 2.05) is 47.4 Å². The summed E-state index contributed by atoms with van der Waals surface area (Å²) in [6.07, 6.45) is 3.27. The van der Waals surface area contributed by atoms with Crippen LogP contribution < -0.4 is 0 Å². The molecule has 2 aromatic heterocycles. The Balaban J connectivity index is 1.49. The molecule has 1 atom stereocenters. The third-order valence-electron chi connectivity index (χ3n) is 5.33. The van der Waals surface area contributed by atoms with Gasteiger partial charge in [-0.1, -0.05) is 41.6 Å². The van der Waals surface area contributed by atoms with E-state index in [2.05, 4.69) is 23.1 Å². The molecule has 1 fully saturated rings. The zero-order valence-electron chi connectivity index (χ0n) is 15.6. The summed E-state index contributed by atoms with van der Waals surface area (Å²) < 4.78 is 5.16. The van der Waals surface area contributed by atoms with Crippen LogP contribution in [0, 0.1) is 6.92 Å². The van der Waals surface area contributed by atoms with Crippen molar-refractivity contribution in [2.24, 2.45) is 0 Å². The van der Waals surface area contributed by atoms with E-state index in [0.29, 0.717) is 17.8 Å². The van der Waals surface area contributed by atoms with Gasteiger partial charge in [-0.25, -0.2) is 4.98 Å². The smallest absolute Gasteiger partial charge is 0.260 e. The first-order valence-electron chi connectivity index (χ1n) is 9.48. The second-order valence-electron chi connectivity index (χ2n) is 7.24. The summed E-state index contributed by atoms with van der Waals surface area (Å²) >= 11 is 0. The number of nitrogens with one attached hydrogen (secondary N) is 1. The molecule has 5 rings (SSSR count). The Morgan fingerprint density at radius 2 is 2.07 bits per heavy atom. The number of amides is 1. The highest BCUT2D eigenvalue weighted by Gasteiger charge is 2.34. The van der Waals surface area contributed by atoms with Gasteiger partial charge in [-0.15, -0.1) is 0 Å². The maximum absolute atomic E-state index is 13.3. The van der Waals surface area contributed by atoms with E-state index >= 15 is 0 Å². The average molecular weight is 372 g/mol. The topological polar surface area (TPSA) is 75.0 Å². The zero-order chi connectivity index (χ0) is 19.1. The van der Waals surface area contributed by atoms with Gasteiger partial charge in [-0.3, -0.25) is 4.79 Å². The molecule has 0 radical (unpaired) electrons. The Bertz CT molecular complexity index is 1150. The lowest BCUT2D eigenvalue weighted by atomic mass is 10.1. The van der Waals surface area contributed by atoms with Crippen molar-refractivity contribution in [1.82, 2.24) is 20.0 Å². The minimum atomic E-state index is -0.0706. The number of aryl methyl sites for hydroxylation is 1. The molecule has 0 aliphatic carbocycles. The van der Waals surface area contributed by atoms with Gasteiger partial charge in [0.15, 0.2) is 0 Å². The van der Waals surface area contributed by atoms with Crippen molar-refractivity contribution >= 4 is 16.9 Å². The van der Waals surface area contributed by atoms with Crippen LogP contribution in [0.3, 0.4) is 0 Å². The van der Waals surface area contributed by atoms with E-state index in [-0.39, 0.29) is 11.9 Å². The third-order valence-corrected chi connectivity index (χ3v) is 5.33. The van der Waals surface area contributed by atoms with Gasteiger partial charge in [0, 0.05) is 12.1 Å². The van der Waals surface area contributed by atoms with Gasteiger partial charge in [0.05, 0.1) is 17.1 Å². The number of nitrogens with zero attached hydrogens (tertiary/aromatic N) is 3. The number of imidazole rings is 1. The van der Waals surface area contributed by atoms with Crippen LogP contribution in [0.5, 0.6) is 0 Å². The molecule has 0 spiro atoms. The molecule has 3 heterocycles. The fraction of sp³-hybridized carbons (Fsp3) is 0.227. The highest BCUT2D eigenvalue weighted by molar-refractivity contribution is 5.99. The minimum absolute atomic E-state index is 0.0701. The van der Waals surface area contributed by atoms with Gasteiger partial charge in [-0.2, -0.15) is 0 Å². The maximum atomic E-state index is 13.3. The van der Waals surface area contributed by atoms with E-state index in [1.165, 1.54) is 11.8 Å². The largest absolute Gasteiger partial charge is 0.363 e. The first-order valence-corrected chi connectivity index (χ1v) is 9.48. The highest BCUT2D eigenvalue weighted by Crippen LogP contribution is 2.34. The van der Waals surface area contributed by atoms with E-state index in [1.54, 1.807) is 0 Å². The maximum Gasteiger partial charge on any atom is 0.260 e. The van der Waals surface area contributed by atoms with Crippen LogP contribution in [0.1, 0.15) is 40.6 Å². The molecule has 4 aromatic rings. The Morgan fingerprint density at radius 1 is 1.21 bits per heavy atom. The van der Waals surface area contributed by atoms with Crippen LogP contribution in [0.2, 0.25) is 0 Å². The molecule has 140 valence electrons. The fourth-order valence-corrected chi connectivity index (χ4v) is 3.94. The number of H-pyrrole nitrogens is 1. The Hall–Kier alpha value is -3.41. The highest BCUT2D eigenvalue weighted by atomic mass is 16.5. The molecule has 1 amide bonds. The molecule has 1 aliphatic rings. The predicted octanol–water partition coefficient (Wildman–Crippen LogP) is 4.50. The van der Waals surface area contributed by atoms with Gasteiger partial charge >= 0.3 is 0 Å². The summed E-state index contributed by atoms with van der Waals surface area (Å²) in [4.78, 5) is 23.4. The molecule has 6 nitrogen and oxygen atoms in total. The fourth-order valence-electron chi connectivity index (χ4n) is 3.94. The summed E-state index contributed by atoms with van der Waals surface area (Å²) in [5.74, 6) is 0.767. The number of carbonyl (C=O) groups excluding carboxylic acids is 1. The minimum Gasteiger partial charge on any atom is -0.363 e. The van der Waals surface area contributed by atoms with Gasteiger partial charge in [0.2, 0.25) is 0 Å². The van der Waals surface area contributed by atoms with Crippen molar-refractivity contribution in [2.45, 2.75) is 25.8 Å². The molecule has 0 unspecified atom stereocenters. The lowest BCUT2D eigenvalue weighted by Gasteiger charge is -2.22. The Labute approximate surface area is 162 Å². The number of hydrogen-bond acceptors (Lipinski definition) is 4. The molecule has 0 bridgehead atoms. The van der Waals surface area contributed by atoms with E-state index in [9.17, 15) is 4.79 Å². The van der Waals surface area contributed by atoms with Crippen LogP contribution in [0.15, 0.2) is 59.3 Å². The number of benzene rings is 2. The second kappa shape index (κ2) is 6.64. The summed E-state index contributed by atoms with van der Waals surface area (Å²) in [6.45, 7) is 2.75. The quantitative estimate of drug-likeness (QED) is 0.574. The average Bonchev–Trinajstić information content (AvgIpc) is 3.45. The number of hydrogen-bond donors (Lipinski definition) is 1. The zero-order valence-corrected chi connectivity index (χ0v) is 15.6. The van der Waals surface area contributed by atoms with Gasteiger partial charge in [0.1, 0.15) is 23.3 Å².